The van der Waals surface area contributed by atoms with Crippen LogP contribution in [0, 0.1) is 16.0 Å². The zero-order valence-corrected chi connectivity index (χ0v) is 11.2. The molecule has 1 saturated heterocycles. The quantitative estimate of drug-likeness (QED) is 0.499. The number of amides is 1. The van der Waals surface area contributed by atoms with Crippen LogP contribution in [0.1, 0.15) is 16.8 Å². The highest BCUT2D eigenvalue weighted by molar-refractivity contribution is 7.80. The smallest absolute Gasteiger partial charge is 0.344 e. The largest absolute Gasteiger partial charge is 0.477 e. The maximum atomic E-state index is 11.9. The Hall–Kier alpha value is -2.09. The van der Waals surface area contributed by atoms with Crippen molar-refractivity contribution in [3.05, 3.63) is 33.9 Å². The van der Waals surface area contributed by atoms with Crippen LogP contribution in [-0.2, 0) is 4.79 Å². The van der Waals surface area contributed by atoms with Crippen LogP contribution in [0.4, 0.5) is 11.4 Å². The van der Waals surface area contributed by atoms with Gasteiger partial charge >= 0.3 is 5.97 Å². The minimum Gasteiger partial charge on any atom is -0.477 e. The van der Waals surface area contributed by atoms with E-state index in [2.05, 4.69) is 12.6 Å². The molecule has 0 aliphatic carbocycles. The van der Waals surface area contributed by atoms with Crippen LogP contribution in [0.5, 0.6) is 0 Å². The highest BCUT2D eigenvalue weighted by atomic mass is 32.1. The predicted octanol–water partition coefficient (Wildman–Crippen LogP) is 1.58. The van der Waals surface area contributed by atoms with Crippen LogP contribution in [0.25, 0.3) is 0 Å². The van der Waals surface area contributed by atoms with Gasteiger partial charge in [-0.2, -0.15) is 12.6 Å². The molecule has 7 nitrogen and oxygen atoms in total. The molecule has 1 aromatic carbocycles. The summed E-state index contributed by atoms with van der Waals surface area (Å²) < 4.78 is 0. The molecule has 1 unspecified atom stereocenters. The Kier molecular flexibility index (Phi) is 3.93. The molecule has 1 aliphatic rings. The summed E-state index contributed by atoms with van der Waals surface area (Å²) in [5.74, 6) is -1.15. The van der Waals surface area contributed by atoms with Crippen LogP contribution < -0.4 is 4.90 Å². The van der Waals surface area contributed by atoms with Crippen molar-refractivity contribution in [3.8, 4) is 0 Å². The SMILES string of the molecule is O=C(O)c1c(N2CC(CS)CC2=O)cccc1[N+](=O)[O-]. The zero-order chi connectivity index (χ0) is 14.9. The normalized spacial score (nSPS) is 18.4. The molecule has 0 saturated carbocycles. The fraction of sp³-hybridized carbons (Fsp3) is 0.333. The summed E-state index contributed by atoms with van der Waals surface area (Å²) in [6.45, 7) is 0.323. The van der Waals surface area contributed by atoms with Gasteiger partial charge in [0.15, 0.2) is 5.56 Å². The minimum absolute atomic E-state index is 0.0201. The van der Waals surface area contributed by atoms with Gasteiger partial charge in [-0.25, -0.2) is 4.79 Å². The van der Waals surface area contributed by atoms with Crippen molar-refractivity contribution in [2.75, 3.05) is 17.2 Å². The third-order valence-electron chi connectivity index (χ3n) is 3.19. The summed E-state index contributed by atoms with van der Waals surface area (Å²) in [5, 5.41) is 20.1. The van der Waals surface area contributed by atoms with Gasteiger partial charge in [0.1, 0.15) is 0 Å². The van der Waals surface area contributed by atoms with E-state index in [1.807, 2.05) is 0 Å². The number of thiol groups is 1. The number of carbonyl (C=O) groups is 2. The van der Waals surface area contributed by atoms with Crippen LogP contribution in [0.15, 0.2) is 18.2 Å². The second-order valence-electron chi connectivity index (χ2n) is 4.49. The molecule has 8 heteroatoms. The van der Waals surface area contributed by atoms with Crippen LogP contribution in [0.3, 0.4) is 0 Å². The number of nitro benzene ring substituents is 1. The Balaban J connectivity index is 2.52. The standard InChI is InChI=1S/C12H12N2O5S/c15-10-4-7(6-20)5-13(10)8-2-1-3-9(14(18)19)11(8)12(16)17/h1-3,7,20H,4-6H2,(H,16,17). The van der Waals surface area contributed by atoms with E-state index in [4.69, 9.17) is 0 Å². The molecule has 106 valence electrons. The summed E-state index contributed by atoms with van der Waals surface area (Å²) in [7, 11) is 0. The Labute approximate surface area is 119 Å². The van der Waals surface area contributed by atoms with Gasteiger partial charge in [-0.05, 0) is 17.7 Å². The van der Waals surface area contributed by atoms with Crippen molar-refractivity contribution in [3.63, 3.8) is 0 Å². The number of carboxylic acids is 1. The van der Waals surface area contributed by atoms with E-state index in [0.29, 0.717) is 12.3 Å². The second kappa shape index (κ2) is 5.49. The first-order chi connectivity index (χ1) is 9.45. The lowest BCUT2D eigenvalue weighted by molar-refractivity contribution is -0.385. The number of rotatable bonds is 4. The molecule has 2 rings (SSSR count). The lowest BCUT2D eigenvalue weighted by atomic mass is 10.1. The van der Waals surface area contributed by atoms with E-state index in [1.54, 1.807) is 0 Å². The molecular weight excluding hydrogens is 284 g/mol. The van der Waals surface area contributed by atoms with E-state index in [1.165, 1.54) is 17.0 Å². The number of hydrogen-bond donors (Lipinski definition) is 2. The molecule has 1 aromatic rings. The topological polar surface area (TPSA) is 101 Å². The number of aromatic carboxylic acids is 1. The molecule has 1 amide bonds. The van der Waals surface area contributed by atoms with Crippen LogP contribution >= 0.6 is 12.6 Å². The Morgan fingerprint density at radius 3 is 2.75 bits per heavy atom. The number of nitrogens with zero attached hydrogens (tertiary/aromatic N) is 2. The van der Waals surface area contributed by atoms with Gasteiger partial charge in [0.25, 0.3) is 5.69 Å². The Morgan fingerprint density at radius 1 is 1.55 bits per heavy atom. The van der Waals surface area contributed by atoms with E-state index in [-0.39, 0.29) is 23.9 Å². The van der Waals surface area contributed by atoms with E-state index in [9.17, 15) is 24.8 Å². The van der Waals surface area contributed by atoms with Crippen molar-refractivity contribution in [2.24, 2.45) is 5.92 Å². The minimum atomic E-state index is -1.42. The first-order valence-electron chi connectivity index (χ1n) is 5.87. The van der Waals surface area contributed by atoms with Gasteiger partial charge in [-0.1, -0.05) is 6.07 Å². The van der Waals surface area contributed by atoms with Gasteiger partial charge in [0.05, 0.1) is 10.6 Å². The zero-order valence-electron chi connectivity index (χ0n) is 10.4. The molecule has 1 fully saturated rings. The summed E-state index contributed by atoms with van der Waals surface area (Å²) in [6, 6.07) is 3.90. The summed E-state index contributed by atoms with van der Waals surface area (Å²) >= 11 is 4.13. The molecule has 1 aliphatic heterocycles. The monoisotopic (exact) mass is 296 g/mol. The number of carbonyl (C=O) groups excluding carboxylic acids is 1. The molecule has 1 heterocycles. The number of hydrogen-bond acceptors (Lipinski definition) is 5. The van der Waals surface area contributed by atoms with Crippen molar-refractivity contribution in [1.29, 1.82) is 0 Å². The van der Waals surface area contributed by atoms with Gasteiger partial charge in [-0.3, -0.25) is 14.9 Å². The number of nitro groups is 1. The fourth-order valence-corrected chi connectivity index (χ4v) is 2.51. The maximum Gasteiger partial charge on any atom is 0.344 e. The van der Waals surface area contributed by atoms with E-state index >= 15 is 0 Å². The second-order valence-corrected chi connectivity index (χ2v) is 4.86. The highest BCUT2D eigenvalue weighted by Crippen LogP contribution is 2.33. The van der Waals surface area contributed by atoms with Crippen molar-refractivity contribution < 1.29 is 19.6 Å². The third kappa shape index (κ3) is 2.46. The van der Waals surface area contributed by atoms with E-state index < -0.39 is 22.1 Å². The molecule has 1 N–H and O–H groups in total. The summed E-state index contributed by atoms with van der Waals surface area (Å²) in [6.07, 6.45) is 0.269. The maximum absolute atomic E-state index is 11.9. The summed E-state index contributed by atoms with van der Waals surface area (Å²) in [5.41, 5.74) is -0.899. The first-order valence-corrected chi connectivity index (χ1v) is 6.51. The third-order valence-corrected chi connectivity index (χ3v) is 3.70. The predicted molar refractivity (Wildman–Crippen MR) is 74.4 cm³/mol. The van der Waals surface area contributed by atoms with Gasteiger partial charge in [-0.15, -0.1) is 0 Å². The molecule has 1 atom stereocenters. The number of carboxylic acid groups (broad SMARTS) is 1. The average molecular weight is 296 g/mol. The van der Waals surface area contributed by atoms with Gasteiger partial charge < -0.3 is 10.0 Å². The van der Waals surface area contributed by atoms with Gasteiger partial charge in [0.2, 0.25) is 5.91 Å². The van der Waals surface area contributed by atoms with Crippen LogP contribution in [0.2, 0.25) is 0 Å². The lowest BCUT2D eigenvalue weighted by Crippen LogP contribution is -2.27. The highest BCUT2D eigenvalue weighted by Gasteiger charge is 2.34. The molecule has 0 aromatic heterocycles. The molecule has 0 radical (unpaired) electrons. The number of benzene rings is 1. The molecular formula is C12H12N2O5S. The average Bonchev–Trinajstić information content (AvgIpc) is 2.78. The summed E-state index contributed by atoms with van der Waals surface area (Å²) in [4.78, 5) is 34.7. The van der Waals surface area contributed by atoms with Crippen LogP contribution in [-0.4, -0.2) is 34.2 Å². The fourth-order valence-electron chi connectivity index (χ4n) is 2.26. The molecule has 0 spiro atoms. The number of anilines is 1. The first kappa shape index (κ1) is 14.3. The van der Waals surface area contributed by atoms with E-state index in [0.717, 1.165) is 6.07 Å². The van der Waals surface area contributed by atoms with Crippen molar-refractivity contribution in [2.45, 2.75) is 6.42 Å². The molecule has 0 bridgehead atoms. The Bertz CT molecular complexity index is 589. The van der Waals surface area contributed by atoms with Crippen molar-refractivity contribution >= 4 is 35.9 Å². The lowest BCUT2D eigenvalue weighted by Gasteiger charge is -2.18. The van der Waals surface area contributed by atoms with Gasteiger partial charge in [0, 0.05) is 19.0 Å². The Morgan fingerprint density at radius 2 is 2.25 bits per heavy atom. The molecule has 20 heavy (non-hydrogen) atoms. The van der Waals surface area contributed by atoms with Crippen molar-refractivity contribution in [1.82, 2.24) is 0 Å².